The number of benzene rings is 1. The highest BCUT2D eigenvalue weighted by Gasteiger charge is 2.43. The summed E-state index contributed by atoms with van der Waals surface area (Å²) in [4.78, 5) is 21.8. The zero-order chi connectivity index (χ0) is 13.3. The predicted octanol–water partition coefficient (Wildman–Crippen LogP) is 1.50. The molecule has 0 heterocycles. The van der Waals surface area contributed by atoms with Gasteiger partial charge < -0.3 is 10.4 Å². The second-order valence-corrected chi connectivity index (χ2v) is 4.72. The molecule has 0 aromatic heterocycles. The largest absolute Gasteiger partial charge is 0.394 e. The van der Waals surface area contributed by atoms with E-state index in [1.165, 1.54) is 18.2 Å². The fraction of sp³-hybridized carbons (Fsp3) is 0.364. The van der Waals surface area contributed by atoms with E-state index < -0.39 is 16.4 Å². The summed E-state index contributed by atoms with van der Waals surface area (Å²) in [6.07, 6.45) is 1.46. The first-order valence-corrected chi connectivity index (χ1v) is 5.72. The minimum absolute atomic E-state index is 0.0819. The molecule has 1 saturated carbocycles. The second kappa shape index (κ2) is 4.55. The standard InChI is InChI=1S/C11H11ClN2O4/c12-8-5-7(1-2-9(8)14(17)18)10(16)13-11(6-15)3-4-11/h1-2,5,15H,3-4,6H2,(H,13,16). The van der Waals surface area contributed by atoms with Crippen LogP contribution in [0.15, 0.2) is 18.2 Å². The Balaban J connectivity index is 2.16. The van der Waals surface area contributed by atoms with Crippen LogP contribution in [0.5, 0.6) is 0 Å². The van der Waals surface area contributed by atoms with Crippen LogP contribution in [0, 0.1) is 10.1 Å². The molecule has 7 heteroatoms. The average molecular weight is 271 g/mol. The monoisotopic (exact) mass is 270 g/mol. The molecule has 1 aliphatic carbocycles. The molecule has 0 spiro atoms. The number of carbonyl (C=O) groups excluding carboxylic acids is 1. The van der Waals surface area contributed by atoms with Crippen LogP contribution in [0.2, 0.25) is 5.02 Å². The number of hydrogen-bond donors (Lipinski definition) is 2. The van der Waals surface area contributed by atoms with Crippen molar-refractivity contribution in [2.75, 3.05) is 6.61 Å². The molecule has 1 fully saturated rings. The first kappa shape index (κ1) is 12.8. The van der Waals surface area contributed by atoms with Crippen molar-refractivity contribution in [1.29, 1.82) is 0 Å². The van der Waals surface area contributed by atoms with Gasteiger partial charge in [-0.3, -0.25) is 14.9 Å². The normalized spacial score (nSPS) is 16.1. The Labute approximate surface area is 108 Å². The van der Waals surface area contributed by atoms with Crippen molar-refractivity contribution in [2.45, 2.75) is 18.4 Å². The lowest BCUT2D eigenvalue weighted by molar-refractivity contribution is -0.384. The van der Waals surface area contributed by atoms with Crippen molar-refractivity contribution < 1.29 is 14.8 Å². The lowest BCUT2D eigenvalue weighted by atomic mass is 10.1. The first-order valence-electron chi connectivity index (χ1n) is 5.35. The molecular weight excluding hydrogens is 260 g/mol. The predicted molar refractivity (Wildman–Crippen MR) is 64.6 cm³/mol. The van der Waals surface area contributed by atoms with Crippen LogP contribution in [0.1, 0.15) is 23.2 Å². The molecule has 0 atom stereocenters. The van der Waals surface area contributed by atoms with Crippen molar-refractivity contribution >= 4 is 23.2 Å². The van der Waals surface area contributed by atoms with Gasteiger partial charge in [0.05, 0.1) is 17.1 Å². The van der Waals surface area contributed by atoms with Gasteiger partial charge in [0.25, 0.3) is 11.6 Å². The Morgan fingerprint density at radius 1 is 1.56 bits per heavy atom. The highest BCUT2D eigenvalue weighted by molar-refractivity contribution is 6.33. The molecule has 0 radical (unpaired) electrons. The van der Waals surface area contributed by atoms with Gasteiger partial charge in [0.2, 0.25) is 0 Å². The molecule has 2 rings (SSSR count). The Hall–Kier alpha value is -1.66. The van der Waals surface area contributed by atoms with Crippen LogP contribution < -0.4 is 5.32 Å². The number of aliphatic hydroxyl groups excluding tert-OH is 1. The van der Waals surface area contributed by atoms with Gasteiger partial charge in [0, 0.05) is 11.6 Å². The van der Waals surface area contributed by atoms with E-state index in [0.717, 1.165) is 12.8 Å². The maximum Gasteiger partial charge on any atom is 0.287 e. The highest BCUT2D eigenvalue weighted by atomic mass is 35.5. The summed E-state index contributed by atoms with van der Waals surface area (Å²) in [5, 5.41) is 22.3. The molecule has 1 amide bonds. The van der Waals surface area contributed by atoms with Gasteiger partial charge in [-0.05, 0) is 25.0 Å². The SMILES string of the molecule is O=C(NC1(CO)CC1)c1ccc([N+](=O)[O-])c(Cl)c1. The summed E-state index contributed by atoms with van der Waals surface area (Å²) >= 11 is 5.72. The third-order valence-electron chi connectivity index (χ3n) is 2.94. The summed E-state index contributed by atoms with van der Waals surface area (Å²) in [5.41, 5.74) is -0.521. The quantitative estimate of drug-likeness (QED) is 0.640. The number of carbonyl (C=O) groups is 1. The molecule has 0 bridgehead atoms. The number of nitrogens with zero attached hydrogens (tertiary/aromatic N) is 1. The van der Waals surface area contributed by atoms with E-state index in [4.69, 9.17) is 16.7 Å². The molecule has 0 saturated heterocycles. The fourth-order valence-corrected chi connectivity index (χ4v) is 1.83. The smallest absolute Gasteiger partial charge is 0.287 e. The van der Waals surface area contributed by atoms with Gasteiger partial charge in [0.15, 0.2) is 0 Å². The van der Waals surface area contributed by atoms with Crippen molar-refractivity contribution in [3.8, 4) is 0 Å². The Kier molecular flexibility index (Phi) is 3.23. The Bertz CT molecular complexity index is 514. The maximum atomic E-state index is 11.8. The van der Waals surface area contributed by atoms with Gasteiger partial charge in [-0.1, -0.05) is 11.6 Å². The second-order valence-electron chi connectivity index (χ2n) is 4.32. The molecule has 0 aliphatic heterocycles. The van der Waals surface area contributed by atoms with Crippen molar-refractivity contribution in [3.63, 3.8) is 0 Å². The van der Waals surface area contributed by atoms with Gasteiger partial charge >= 0.3 is 0 Å². The third-order valence-corrected chi connectivity index (χ3v) is 3.24. The molecule has 6 nitrogen and oxygen atoms in total. The lowest BCUT2D eigenvalue weighted by Crippen LogP contribution is -2.39. The number of hydrogen-bond acceptors (Lipinski definition) is 4. The van der Waals surface area contributed by atoms with E-state index in [1.807, 2.05) is 0 Å². The average Bonchev–Trinajstić information content (AvgIpc) is 3.09. The summed E-state index contributed by atoms with van der Waals surface area (Å²) < 4.78 is 0. The molecule has 1 aromatic rings. The number of nitro groups is 1. The first-order chi connectivity index (χ1) is 8.47. The molecule has 1 aromatic carbocycles. The zero-order valence-electron chi connectivity index (χ0n) is 9.35. The van der Waals surface area contributed by atoms with Gasteiger partial charge in [-0.2, -0.15) is 0 Å². The minimum atomic E-state index is -0.611. The van der Waals surface area contributed by atoms with E-state index in [-0.39, 0.29) is 22.9 Å². The summed E-state index contributed by atoms with van der Waals surface area (Å²) in [7, 11) is 0. The number of amides is 1. The summed E-state index contributed by atoms with van der Waals surface area (Å²) in [6.45, 7) is -0.112. The third kappa shape index (κ3) is 2.44. The molecule has 18 heavy (non-hydrogen) atoms. The van der Waals surface area contributed by atoms with Crippen LogP contribution in [0.25, 0.3) is 0 Å². The van der Waals surface area contributed by atoms with E-state index >= 15 is 0 Å². The highest BCUT2D eigenvalue weighted by Crippen LogP contribution is 2.35. The van der Waals surface area contributed by atoms with Crippen molar-refractivity contribution in [1.82, 2.24) is 5.32 Å². The van der Waals surface area contributed by atoms with Crippen LogP contribution in [0.4, 0.5) is 5.69 Å². The number of rotatable bonds is 4. The summed E-state index contributed by atoms with van der Waals surface area (Å²) in [5.74, 6) is -0.390. The number of nitrogens with one attached hydrogen (secondary N) is 1. The Morgan fingerprint density at radius 2 is 2.22 bits per heavy atom. The number of halogens is 1. The number of nitro benzene ring substituents is 1. The van der Waals surface area contributed by atoms with Crippen LogP contribution in [0.3, 0.4) is 0 Å². The molecular formula is C11H11ClN2O4. The van der Waals surface area contributed by atoms with E-state index in [1.54, 1.807) is 0 Å². The van der Waals surface area contributed by atoms with Gasteiger partial charge in [0.1, 0.15) is 5.02 Å². The lowest BCUT2D eigenvalue weighted by Gasteiger charge is -2.14. The van der Waals surface area contributed by atoms with E-state index in [0.29, 0.717) is 0 Å². The molecule has 0 unspecified atom stereocenters. The van der Waals surface area contributed by atoms with E-state index in [9.17, 15) is 14.9 Å². The number of aliphatic hydroxyl groups is 1. The fourth-order valence-electron chi connectivity index (χ4n) is 1.58. The topological polar surface area (TPSA) is 92.5 Å². The van der Waals surface area contributed by atoms with Gasteiger partial charge in [-0.15, -0.1) is 0 Å². The zero-order valence-corrected chi connectivity index (χ0v) is 10.1. The van der Waals surface area contributed by atoms with E-state index in [2.05, 4.69) is 5.32 Å². The summed E-state index contributed by atoms with van der Waals surface area (Å²) in [6, 6.07) is 3.78. The van der Waals surface area contributed by atoms with Crippen LogP contribution in [-0.4, -0.2) is 28.1 Å². The Morgan fingerprint density at radius 3 is 2.67 bits per heavy atom. The molecule has 96 valence electrons. The molecule has 1 aliphatic rings. The molecule has 2 N–H and O–H groups in total. The minimum Gasteiger partial charge on any atom is -0.394 e. The van der Waals surface area contributed by atoms with Gasteiger partial charge in [-0.25, -0.2) is 0 Å². The van der Waals surface area contributed by atoms with Crippen molar-refractivity contribution in [3.05, 3.63) is 38.9 Å². The van der Waals surface area contributed by atoms with Crippen LogP contribution in [-0.2, 0) is 0 Å². The van der Waals surface area contributed by atoms with Crippen molar-refractivity contribution in [2.24, 2.45) is 0 Å². The maximum absolute atomic E-state index is 11.8. The van der Waals surface area contributed by atoms with Crippen LogP contribution >= 0.6 is 11.6 Å².